The molecule has 2 rings (SSSR count). The first-order chi connectivity index (χ1) is 9.08. The van der Waals surface area contributed by atoms with Crippen LogP contribution in [0.15, 0.2) is 41.8 Å². The summed E-state index contributed by atoms with van der Waals surface area (Å²) in [6.07, 6.45) is 3.84. The SMILES string of the molecule is C=CCn1cc(C(=O)O)c(=O)c2cc(CC)ccc21. The minimum atomic E-state index is -1.20. The van der Waals surface area contributed by atoms with E-state index in [2.05, 4.69) is 6.58 Å². The number of hydrogen-bond donors (Lipinski definition) is 1. The largest absolute Gasteiger partial charge is 0.477 e. The standard InChI is InChI=1S/C15H15NO3/c1-3-7-16-9-12(15(18)19)14(17)11-8-10(4-2)5-6-13(11)16/h3,5-6,8-9H,1,4,7H2,2H3,(H,18,19). The maximum Gasteiger partial charge on any atom is 0.341 e. The van der Waals surface area contributed by atoms with E-state index in [0.29, 0.717) is 11.9 Å². The molecule has 0 atom stereocenters. The predicted molar refractivity (Wildman–Crippen MR) is 74.7 cm³/mol. The van der Waals surface area contributed by atoms with E-state index in [1.807, 2.05) is 19.1 Å². The van der Waals surface area contributed by atoms with Crippen molar-refractivity contribution < 1.29 is 9.90 Å². The van der Waals surface area contributed by atoms with Gasteiger partial charge in [0.2, 0.25) is 5.43 Å². The molecular formula is C15H15NO3. The summed E-state index contributed by atoms with van der Waals surface area (Å²) < 4.78 is 1.73. The van der Waals surface area contributed by atoms with Crippen LogP contribution in [-0.2, 0) is 13.0 Å². The average Bonchev–Trinajstić information content (AvgIpc) is 2.41. The van der Waals surface area contributed by atoms with E-state index in [1.165, 1.54) is 6.20 Å². The monoisotopic (exact) mass is 257 g/mol. The fraction of sp³-hybridized carbons (Fsp3) is 0.200. The Bertz CT molecular complexity index is 713. The Hall–Kier alpha value is -2.36. The van der Waals surface area contributed by atoms with Gasteiger partial charge in [0.15, 0.2) is 0 Å². The van der Waals surface area contributed by atoms with Crippen LogP contribution in [0.5, 0.6) is 0 Å². The Kier molecular flexibility index (Phi) is 3.51. The molecule has 4 heteroatoms. The Labute approximate surface area is 110 Å². The van der Waals surface area contributed by atoms with Crippen molar-refractivity contribution >= 4 is 16.9 Å². The third kappa shape index (κ3) is 2.29. The van der Waals surface area contributed by atoms with Crippen molar-refractivity contribution in [2.24, 2.45) is 0 Å². The van der Waals surface area contributed by atoms with Crippen LogP contribution in [0.4, 0.5) is 0 Å². The lowest BCUT2D eigenvalue weighted by Gasteiger charge is -2.11. The summed E-state index contributed by atoms with van der Waals surface area (Å²) in [7, 11) is 0. The molecule has 0 aliphatic rings. The Morgan fingerprint density at radius 2 is 2.21 bits per heavy atom. The van der Waals surface area contributed by atoms with Crippen LogP contribution in [0.3, 0.4) is 0 Å². The lowest BCUT2D eigenvalue weighted by Crippen LogP contribution is -2.18. The minimum absolute atomic E-state index is 0.206. The Morgan fingerprint density at radius 1 is 1.47 bits per heavy atom. The summed E-state index contributed by atoms with van der Waals surface area (Å²) in [6, 6.07) is 5.57. The molecule has 98 valence electrons. The van der Waals surface area contributed by atoms with Gasteiger partial charge in [-0.1, -0.05) is 19.1 Å². The smallest absolute Gasteiger partial charge is 0.341 e. The van der Waals surface area contributed by atoms with Gasteiger partial charge in [-0.3, -0.25) is 4.79 Å². The number of benzene rings is 1. The van der Waals surface area contributed by atoms with Crippen LogP contribution in [0.25, 0.3) is 10.9 Å². The number of hydrogen-bond acceptors (Lipinski definition) is 2. The number of aryl methyl sites for hydroxylation is 1. The van der Waals surface area contributed by atoms with Crippen LogP contribution in [0, 0.1) is 0 Å². The van der Waals surface area contributed by atoms with E-state index >= 15 is 0 Å². The lowest BCUT2D eigenvalue weighted by atomic mass is 10.1. The van der Waals surface area contributed by atoms with Crippen LogP contribution >= 0.6 is 0 Å². The molecule has 19 heavy (non-hydrogen) atoms. The minimum Gasteiger partial charge on any atom is -0.477 e. The fourth-order valence-corrected chi connectivity index (χ4v) is 2.11. The van der Waals surface area contributed by atoms with E-state index < -0.39 is 11.4 Å². The van der Waals surface area contributed by atoms with Gasteiger partial charge in [0.1, 0.15) is 5.56 Å². The average molecular weight is 257 g/mol. The van der Waals surface area contributed by atoms with Crippen LogP contribution in [0.1, 0.15) is 22.8 Å². The van der Waals surface area contributed by atoms with Crippen LogP contribution < -0.4 is 5.43 Å². The number of pyridine rings is 1. The van der Waals surface area contributed by atoms with Crippen molar-refractivity contribution in [1.82, 2.24) is 4.57 Å². The summed E-state index contributed by atoms with van der Waals surface area (Å²) in [5.41, 5.74) is 1.10. The molecule has 0 aliphatic carbocycles. The zero-order valence-corrected chi connectivity index (χ0v) is 10.7. The number of aromatic nitrogens is 1. The summed E-state index contributed by atoms with van der Waals surface area (Å²) in [4.78, 5) is 23.3. The number of fused-ring (bicyclic) bond motifs is 1. The van der Waals surface area contributed by atoms with Gasteiger partial charge in [0.05, 0.1) is 5.52 Å². The van der Waals surface area contributed by atoms with Crippen LogP contribution in [-0.4, -0.2) is 15.6 Å². The van der Waals surface area contributed by atoms with Crippen molar-refractivity contribution in [3.8, 4) is 0 Å². The highest BCUT2D eigenvalue weighted by molar-refractivity contribution is 5.92. The number of rotatable bonds is 4. The summed E-state index contributed by atoms with van der Waals surface area (Å²) in [5.74, 6) is -1.20. The molecule has 0 bridgehead atoms. The maximum atomic E-state index is 12.2. The number of carbonyl (C=O) groups is 1. The zero-order chi connectivity index (χ0) is 14.0. The number of nitrogens with zero attached hydrogens (tertiary/aromatic N) is 1. The molecular weight excluding hydrogens is 242 g/mol. The number of aromatic carboxylic acids is 1. The van der Waals surface area contributed by atoms with Crippen molar-refractivity contribution in [2.45, 2.75) is 19.9 Å². The lowest BCUT2D eigenvalue weighted by molar-refractivity contribution is 0.0695. The predicted octanol–water partition coefficient (Wildman–Crippen LogP) is 2.45. The first-order valence-electron chi connectivity index (χ1n) is 6.08. The summed E-state index contributed by atoms with van der Waals surface area (Å²) in [6.45, 7) is 6.10. The molecule has 0 spiro atoms. The van der Waals surface area contributed by atoms with Gasteiger partial charge >= 0.3 is 5.97 Å². The van der Waals surface area contributed by atoms with Gasteiger partial charge in [0, 0.05) is 18.1 Å². The highest BCUT2D eigenvalue weighted by Crippen LogP contribution is 2.15. The van der Waals surface area contributed by atoms with E-state index in [1.54, 1.807) is 16.7 Å². The molecule has 0 fully saturated rings. The van der Waals surface area contributed by atoms with Gasteiger partial charge in [-0.2, -0.15) is 0 Å². The molecule has 0 amide bonds. The first kappa shape index (κ1) is 13.1. The number of carboxylic acid groups (broad SMARTS) is 1. The number of allylic oxidation sites excluding steroid dienone is 1. The van der Waals surface area contributed by atoms with E-state index in [4.69, 9.17) is 5.11 Å². The second-order valence-corrected chi connectivity index (χ2v) is 4.32. The molecule has 2 aromatic rings. The van der Waals surface area contributed by atoms with E-state index in [-0.39, 0.29) is 5.56 Å². The molecule has 1 aromatic carbocycles. The topological polar surface area (TPSA) is 59.3 Å². The quantitative estimate of drug-likeness (QED) is 0.856. The molecule has 0 saturated heterocycles. The highest BCUT2D eigenvalue weighted by atomic mass is 16.4. The van der Waals surface area contributed by atoms with Crippen molar-refractivity contribution in [3.63, 3.8) is 0 Å². The van der Waals surface area contributed by atoms with Gasteiger partial charge in [0.25, 0.3) is 0 Å². The Morgan fingerprint density at radius 3 is 2.79 bits per heavy atom. The normalized spacial score (nSPS) is 10.6. The van der Waals surface area contributed by atoms with Crippen molar-refractivity contribution in [2.75, 3.05) is 0 Å². The molecule has 0 aliphatic heterocycles. The summed E-state index contributed by atoms with van der Waals surface area (Å²) in [5, 5.41) is 9.55. The number of carboxylic acids is 1. The highest BCUT2D eigenvalue weighted by Gasteiger charge is 2.14. The third-order valence-electron chi connectivity index (χ3n) is 3.11. The van der Waals surface area contributed by atoms with Crippen LogP contribution in [0.2, 0.25) is 0 Å². The fourth-order valence-electron chi connectivity index (χ4n) is 2.11. The van der Waals surface area contributed by atoms with Gasteiger partial charge < -0.3 is 9.67 Å². The van der Waals surface area contributed by atoms with Gasteiger partial charge in [-0.15, -0.1) is 6.58 Å². The Balaban J connectivity index is 2.87. The van der Waals surface area contributed by atoms with Gasteiger partial charge in [-0.05, 0) is 24.1 Å². The van der Waals surface area contributed by atoms with E-state index in [9.17, 15) is 9.59 Å². The maximum absolute atomic E-state index is 12.2. The van der Waals surface area contributed by atoms with E-state index in [0.717, 1.165) is 17.5 Å². The first-order valence-corrected chi connectivity index (χ1v) is 6.08. The molecule has 1 aromatic heterocycles. The molecule has 1 heterocycles. The second-order valence-electron chi connectivity index (χ2n) is 4.32. The molecule has 4 nitrogen and oxygen atoms in total. The second kappa shape index (κ2) is 5.10. The van der Waals surface area contributed by atoms with Gasteiger partial charge in [-0.25, -0.2) is 4.79 Å². The molecule has 0 radical (unpaired) electrons. The zero-order valence-electron chi connectivity index (χ0n) is 10.7. The van der Waals surface area contributed by atoms with Crippen molar-refractivity contribution in [1.29, 1.82) is 0 Å². The summed E-state index contributed by atoms with van der Waals surface area (Å²) >= 11 is 0. The molecule has 0 saturated carbocycles. The van der Waals surface area contributed by atoms with Crippen molar-refractivity contribution in [3.05, 3.63) is 58.4 Å². The molecule has 1 N–H and O–H groups in total. The third-order valence-corrected chi connectivity index (χ3v) is 3.11. The molecule has 0 unspecified atom stereocenters.